The lowest BCUT2D eigenvalue weighted by Gasteiger charge is -2.49. The third kappa shape index (κ3) is 4.03. The quantitative estimate of drug-likeness (QED) is 0.684. The zero-order valence-corrected chi connectivity index (χ0v) is 17.1. The fourth-order valence-corrected chi connectivity index (χ4v) is 3.88. The molecule has 1 amide bonds. The number of alkyl carbamates (subject to hydrolysis) is 1. The van der Waals surface area contributed by atoms with Gasteiger partial charge in [0.05, 0.1) is 5.54 Å². The van der Waals surface area contributed by atoms with Gasteiger partial charge in [-0.3, -0.25) is 0 Å². The summed E-state index contributed by atoms with van der Waals surface area (Å²) >= 11 is 3.40. The molecule has 1 aromatic rings. The van der Waals surface area contributed by atoms with E-state index in [1.54, 1.807) is 32.9 Å². The molecular weight excluding hydrogens is 403 g/mol. The first-order chi connectivity index (χ1) is 12.0. The molecule has 0 radical (unpaired) electrons. The first kappa shape index (κ1) is 19.1. The maximum absolute atomic E-state index is 14.5. The van der Waals surface area contributed by atoms with Crippen LogP contribution in [0.3, 0.4) is 0 Å². The molecule has 7 heteroatoms. The molecule has 2 aliphatic rings. The molecule has 5 nitrogen and oxygen atoms in total. The van der Waals surface area contributed by atoms with Crippen molar-refractivity contribution in [2.45, 2.75) is 70.1 Å². The highest BCUT2D eigenvalue weighted by molar-refractivity contribution is 9.10. The lowest BCUT2D eigenvalue weighted by molar-refractivity contribution is -0.0612. The van der Waals surface area contributed by atoms with Crippen molar-refractivity contribution in [3.8, 4) is 0 Å². The molecule has 3 rings (SSSR count). The molecule has 1 fully saturated rings. The molecule has 26 heavy (non-hydrogen) atoms. The maximum Gasteiger partial charge on any atom is 0.415 e. The van der Waals surface area contributed by atoms with Crippen LogP contribution in [0.2, 0.25) is 0 Å². The number of nitrogens with one attached hydrogen (secondary N) is 1. The molecule has 1 N–H and O–H groups in total. The number of carbonyl (C=O) groups is 1. The normalized spacial score (nSPS) is 24.3. The van der Waals surface area contributed by atoms with E-state index in [0.717, 1.165) is 23.7 Å². The molecule has 1 saturated carbocycles. The number of benzene rings is 1. The lowest BCUT2D eigenvalue weighted by Crippen LogP contribution is -2.54. The Balaban J connectivity index is 1.93. The molecule has 0 bridgehead atoms. The fraction of sp³-hybridized carbons (Fsp3) is 0.579. The zero-order chi connectivity index (χ0) is 19.2. The van der Waals surface area contributed by atoms with Crippen LogP contribution in [-0.4, -0.2) is 23.3 Å². The number of aliphatic imine (C=N–C) groups is 1. The van der Waals surface area contributed by atoms with Crippen molar-refractivity contribution in [3.63, 3.8) is 0 Å². The summed E-state index contributed by atoms with van der Waals surface area (Å²) in [5, 5.41) is 2.59. The van der Waals surface area contributed by atoms with Gasteiger partial charge < -0.3 is 9.47 Å². The predicted octanol–water partition coefficient (Wildman–Crippen LogP) is 5.03. The minimum Gasteiger partial charge on any atom is -0.458 e. The minimum atomic E-state index is -0.836. The second kappa shape index (κ2) is 6.51. The van der Waals surface area contributed by atoms with E-state index < -0.39 is 22.8 Å². The molecule has 142 valence electrons. The molecule has 0 saturated heterocycles. The number of nitrogens with zero attached hydrogens (tertiary/aromatic N) is 1. The molecule has 0 unspecified atom stereocenters. The summed E-state index contributed by atoms with van der Waals surface area (Å²) in [4.78, 5) is 16.7. The summed E-state index contributed by atoms with van der Waals surface area (Å²) in [7, 11) is 0. The van der Waals surface area contributed by atoms with Crippen LogP contribution < -0.4 is 5.32 Å². The van der Waals surface area contributed by atoms with E-state index in [0.29, 0.717) is 12.0 Å². The average molecular weight is 427 g/mol. The van der Waals surface area contributed by atoms with Gasteiger partial charge in [-0.2, -0.15) is 0 Å². The van der Waals surface area contributed by atoms with Gasteiger partial charge in [-0.05, 0) is 65.2 Å². The van der Waals surface area contributed by atoms with Crippen LogP contribution in [0.5, 0.6) is 0 Å². The number of halogens is 2. The van der Waals surface area contributed by atoms with Crippen molar-refractivity contribution in [1.82, 2.24) is 5.32 Å². The van der Waals surface area contributed by atoms with Crippen LogP contribution >= 0.6 is 15.9 Å². The maximum atomic E-state index is 14.5. The Labute approximate surface area is 161 Å². The monoisotopic (exact) mass is 426 g/mol. The van der Waals surface area contributed by atoms with E-state index in [1.807, 2.05) is 6.92 Å². The Morgan fingerprint density at radius 1 is 1.38 bits per heavy atom. The lowest BCUT2D eigenvalue weighted by atomic mass is 9.69. The van der Waals surface area contributed by atoms with Crippen LogP contribution in [0.4, 0.5) is 9.18 Å². The topological polar surface area (TPSA) is 59.9 Å². The smallest absolute Gasteiger partial charge is 0.415 e. The second-order valence-electron chi connectivity index (χ2n) is 8.26. The SMILES string of the molecule is CC(C)(C)OC(=O)NC1=N[C@](C)(c2cc(Br)ccc2F)CC2(CCC2)O1. The van der Waals surface area contributed by atoms with E-state index in [-0.39, 0.29) is 11.8 Å². The van der Waals surface area contributed by atoms with Crippen LogP contribution in [0.25, 0.3) is 0 Å². The third-order valence-corrected chi connectivity index (χ3v) is 5.20. The van der Waals surface area contributed by atoms with Gasteiger partial charge in [-0.15, -0.1) is 0 Å². The molecule has 1 heterocycles. The third-order valence-electron chi connectivity index (χ3n) is 4.71. The number of carbonyl (C=O) groups excluding carboxylic acids is 1. The van der Waals surface area contributed by atoms with Gasteiger partial charge >= 0.3 is 6.09 Å². The van der Waals surface area contributed by atoms with Crippen molar-refractivity contribution in [1.29, 1.82) is 0 Å². The van der Waals surface area contributed by atoms with Gasteiger partial charge in [0.1, 0.15) is 17.0 Å². The van der Waals surface area contributed by atoms with Crippen molar-refractivity contribution < 1.29 is 18.7 Å². The van der Waals surface area contributed by atoms with Gasteiger partial charge in [0.2, 0.25) is 0 Å². The van der Waals surface area contributed by atoms with E-state index >= 15 is 0 Å². The van der Waals surface area contributed by atoms with Crippen LogP contribution in [0.1, 0.15) is 58.9 Å². The Hall–Kier alpha value is -1.63. The summed E-state index contributed by atoms with van der Waals surface area (Å²) in [5.41, 5.74) is -1.41. The number of hydrogen-bond donors (Lipinski definition) is 1. The Kier molecular flexibility index (Phi) is 4.80. The van der Waals surface area contributed by atoms with E-state index in [1.165, 1.54) is 6.07 Å². The van der Waals surface area contributed by atoms with Gasteiger partial charge in [-0.1, -0.05) is 15.9 Å². The van der Waals surface area contributed by atoms with E-state index in [4.69, 9.17) is 9.47 Å². The second-order valence-corrected chi connectivity index (χ2v) is 9.17. The first-order valence-corrected chi connectivity index (χ1v) is 9.54. The Morgan fingerprint density at radius 3 is 2.65 bits per heavy atom. The van der Waals surface area contributed by atoms with Gasteiger partial charge in [-0.25, -0.2) is 19.5 Å². The molecule has 1 atom stereocenters. The Bertz CT molecular complexity index is 756. The molecule has 1 aliphatic heterocycles. The molecule has 1 spiro atoms. The minimum absolute atomic E-state index is 0.0899. The summed E-state index contributed by atoms with van der Waals surface area (Å²) in [6.07, 6.45) is 2.68. The van der Waals surface area contributed by atoms with Crippen LogP contribution in [-0.2, 0) is 15.0 Å². The highest BCUT2D eigenvalue weighted by Gasteiger charge is 2.51. The number of amides is 1. The summed E-state index contributed by atoms with van der Waals surface area (Å²) < 4.78 is 26.6. The van der Waals surface area contributed by atoms with E-state index in [2.05, 4.69) is 26.2 Å². The standard InChI is InChI=1S/C19H24BrFN2O3/c1-17(2,3)26-16(24)22-15-23-18(4,11-19(25-15)8-5-9-19)13-10-12(20)6-7-14(13)21/h6-7,10H,5,8-9,11H2,1-4H3,(H,22,23,24)/t18-/m0/s1. The first-order valence-electron chi connectivity index (χ1n) is 8.75. The van der Waals surface area contributed by atoms with Crippen molar-refractivity contribution in [2.75, 3.05) is 0 Å². The largest absolute Gasteiger partial charge is 0.458 e. The zero-order valence-electron chi connectivity index (χ0n) is 15.5. The number of ether oxygens (including phenoxy) is 2. The van der Waals surface area contributed by atoms with Gasteiger partial charge in [0.15, 0.2) is 0 Å². The van der Waals surface area contributed by atoms with Gasteiger partial charge in [0.25, 0.3) is 6.02 Å². The van der Waals surface area contributed by atoms with Crippen molar-refractivity contribution >= 4 is 28.0 Å². The van der Waals surface area contributed by atoms with E-state index in [9.17, 15) is 9.18 Å². The van der Waals surface area contributed by atoms with Crippen molar-refractivity contribution in [3.05, 3.63) is 34.1 Å². The highest BCUT2D eigenvalue weighted by Crippen LogP contribution is 2.49. The molecule has 1 aliphatic carbocycles. The Morgan fingerprint density at radius 2 is 2.08 bits per heavy atom. The summed E-state index contributed by atoms with van der Waals surface area (Å²) in [5.74, 6) is -0.326. The summed E-state index contributed by atoms with van der Waals surface area (Å²) in [6, 6.07) is 4.91. The van der Waals surface area contributed by atoms with Crippen LogP contribution in [0, 0.1) is 5.82 Å². The highest BCUT2D eigenvalue weighted by atomic mass is 79.9. The number of amidine groups is 1. The molecular formula is C19H24BrFN2O3. The van der Waals surface area contributed by atoms with Gasteiger partial charge in [0, 0.05) is 16.5 Å². The summed E-state index contributed by atoms with van der Waals surface area (Å²) in [6.45, 7) is 7.22. The van der Waals surface area contributed by atoms with Crippen molar-refractivity contribution in [2.24, 2.45) is 4.99 Å². The number of hydrogen-bond acceptors (Lipinski definition) is 4. The average Bonchev–Trinajstić information content (AvgIpc) is 2.45. The fourth-order valence-electron chi connectivity index (χ4n) is 3.51. The molecule has 1 aromatic carbocycles. The number of rotatable bonds is 1. The van der Waals surface area contributed by atoms with Crippen LogP contribution in [0.15, 0.2) is 27.7 Å². The predicted molar refractivity (Wildman–Crippen MR) is 101 cm³/mol. The molecule has 0 aromatic heterocycles.